The van der Waals surface area contributed by atoms with Gasteiger partial charge in [-0.25, -0.2) is 8.42 Å². The van der Waals surface area contributed by atoms with Gasteiger partial charge >= 0.3 is 0 Å². The molecule has 0 bridgehead atoms. The van der Waals surface area contributed by atoms with E-state index in [1.807, 2.05) is 57.2 Å². The Kier molecular flexibility index (Phi) is 5.92. The van der Waals surface area contributed by atoms with Crippen molar-refractivity contribution in [2.45, 2.75) is 32.6 Å². The summed E-state index contributed by atoms with van der Waals surface area (Å²) >= 11 is 0. The van der Waals surface area contributed by atoms with Gasteiger partial charge in [-0.2, -0.15) is 4.31 Å². The van der Waals surface area contributed by atoms with Gasteiger partial charge in [0.15, 0.2) is 5.78 Å². The first-order chi connectivity index (χ1) is 15.2. The molecular formula is C24H27N3O4S. The molecule has 1 fully saturated rings. The first-order valence-corrected chi connectivity index (χ1v) is 12.0. The minimum atomic E-state index is -3.64. The molecule has 1 aliphatic rings. The molecule has 0 aliphatic carbocycles. The Morgan fingerprint density at radius 1 is 0.969 bits per heavy atom. The maximum atomic E-state index is 13.5. The van der Waals surface area contributed by atoms with E-state index in [0.29, 0.717) is 48.0 Å². The maximum absolute atomic E-state index is 13.5. The summed E-state index contributed by atoms with van der Waals surface area (Å²) in [5.74, 6) is 0.695. The van der Waals surface area contributed by atoms with Crippen LogP contribution in [0.4, 0.5) is 5.69 Å². The predicted octanol–water partition coefficient (Wildman–Crippen LogP) is 3.98. The summed E-state index contributed by atoms with van der Waals surface area (Å²) in [5.41, 5.74) is 4.73. The number of nitrogens with zero attached hydrogens (tertiary/aromatic N) is 3. The Hall–Kier alpha value is -2.97. The van der Waals surface area contributed by atoms with Crippen molar-refractivity contribution in [3.05, 3.63) is 65.0 Å². The van der Waals surface area contributed by atoms with Gasteiger partial charge in [-0.3, -0.25) is 4.79 Å². The standard InChI is InChI=1S/C24H27N3O4S/c1-16-5-6-21(24-17(2)25-31-19(24)4)15-23(16)32(29,30)27-13-11-26(12-14-27)22-9-7-20(8-10-22)18(3)28/h5-10,15H,11-14H2,1-4H3. The molecule has 0 saturated carbocycles. The average molecular weight is 454 g/mol. The monoisotopic (exact) mass is 453 g/mol. The van der Waals surface area contributed by atoms with Crippen LogP contribution >= 0.6 is 0 Å². The number of carbonyl (C=O) groups is 1. The van der Waals surface area contributed by atoms with Crippen LogP contribution in [-0.2, 0) is 10.0 Å². The van der Waals surface area contributed by atoms with Crippen LogP contribution in [0.25, 0.3) is 11.1 Å². The van der Waals surface area contributed by atoms with E-state index in [9.17, 15) is 13.2 Å². The normalized spacial score (nSPS) is 15.2. The number of Topliss-reactive ketones (excluding diaryl/α,β-unsaturated/α-hetero) is 1. The van der Waals surface area contributed by atoms with Crippen molar-refractivity contribution in [2.24, 2.45) is 0 Å². The average Bonchev–Trinajstić information content (AvgIpc) is 3.12. The molecule has 7 nitrogen and oxygen atoms in total. The Labute approximate surface area is 188 Å². The lowest BCUT2D eigenvalue weighted by Crippen LogP contribution is -2.48. The molecule has 0 spiro atoms. The number of aromatic nitrogens is 1. The summed E-state index contributed by atoms with van der Waals surface area (Å²) in [6.45, 7) is 8.99. The van der Waals surface area contributed by atoms with Gasteiger partial charge in [0, 0.05) is 43.0 Å². The highest BCUT2D eigenvalue weighted by molar-refractivity contribution is 7.89. The largest absolute Gasteiger partial charge is 0.369 e. The van der Waals surface area contributed by atoms with Crippen LogP contribution in [0.3, 0.4) is 0 Å². The Balaban J connectivity index is 1.55. The van der Waals surface area contributed by atoms with E-state index in [1.165, 1.54) is 0 Å². The van der Waals surface area contributed by atoms with Crippen molar-refractivity contribution in [3.8, 4) is 11.1 Å². The minimum absolute atomic E-state index is 0.0293. The first-order valence-electron chi connectivity index (χ1n) is 10.6. The molecule has 2 heterocycles. The Morgan fingerprint density at radius 2 is 1.62 bits per heavy atom. The van der Waals surface area contributed by atoms with Gasteiger partial charge in [0.1, 0.15) is 5.76 Å². The quantitative estimate of drug-likeness (QED) is 0.544. The van der Waals surface area contributed by atoms with E-state index in [-0.39, 0.29) is 5.78 Å². The van der Waals surface area contributed by atoms with Crippen LogP contribution in [0, 0.1) is 20.8 Å². The number of piperazine rings is 1. The van der Waals surface area contributed by atoms with Gasteiger partial charge in [0.25, 0.3) is 0 Å². The number of sulfonamides is 1. The second kappa shape index (κ2) is 8.52. The zero-order valence-corrected chi connectivity index (χ0v) is 19.6. The second-order valence-corrected chi connectivity index (χ2v) is 10.1. The van der Waals surface area contributed by atoms with E-state index in [0.717, 1.165) is 22.5 Å². The molecule has 0 atom stereocenters. The lowest BCUT2D eigenvalue weighted by atomic mass is 10.0. The van der Waals surface area contributed by atoms with Crippen LogP contribution in [0.5, 0.6) is 0 Å². The molecule has 0 radical (unpaired) electrons. The van der Waals surface area contributed by atoms with E-state index in [4.69, 9.17) is 4.52 Å². The predicted molar refractivity (Wildman–Crippen MR) is 124 cm³/mol. The molecule has 3 aromatic rings. The summed E-state index contributed by atoms with van der Waals surface area (Å²) in [4.78, 5) is 13.9. The molecule has 1 aliphatic heterocycles. The second-order valence-electron chi connectivity index (χ2n) is 8.17. The molecule has 2 aromatic carbocycles. The van der Waals surface area contributed by atoms with E-state index in [1.54, 1.807) is 17.3 Å². The van der Waals surface area contributed by atoms with Crippen molar-refractivity contribution < 1.29 is 17.7 Å². The van der Waals surface area contributed by atoms with Crippen molar-refractivity contribution in [1.29, 1.82) is 0 Å². The van der Waals surface area contributed by atoms with Gasteiger partial charge < -0.3 is 9.42 Å². The minimum Gasteiger partial charge on any atom is -0.369 e. The molecule has 168 valence electrons. The number of aryl methyl sites for hydroxylation is 3. The van der Waals surface area contributed by atoms with Gasteiger partial charge in [0.2, 0.25) is 10.0 Å². The van der Waals surface area contributed by atoms with Crippen LogP contribution in [0.1, 0.15) is 34.3 Å². The van der Waals surface area contributed by atoms with E-state index in [2.05, 4.69) is 10.1 Å². The van der Waals surface area contributed by atoms with Crippen molar-refractivity contribution in [2.75, 3.05) is 31.1 Å². The fraction of sp³-hybridized carbons (Fsp3) is 0.333. The Morgan fingerprint density at radius 3 is 2.19 bits per heavy atom. The van der Waals surface area contributed by atoms with Crippen molar-refractivity contribution in [3.63, 3.8) is 0 Å². The Bertz CT molecular complexity index is 1240. The van der Waals surface area contributed by atoms with E-state index < -0.39 is 10.0 Å². The highest BCUT2D eigenvalue weighted by atomic mass is 32.2. The van der Waals surface area contributed by atoms with Crippen LogP contribution in [-0.4, -0.2) is 49.8 Å². The first kappa shape index (κ1) is 22.2. The zero-order chi connectivity index (χ0) is 23.0. The topological polar surface area (TPSA) is 83.7 Å². The third-order valence-electron chi connectivity index (χ3n) is 6.01. The summed E-state index contributed by atoms with van der Waals surface area (Å²) in [7, 11) is -3.64. The fourth-order valence-corrected chi connectivity index (χ4v) is 5.83. The number of hydrogen-bond donors (Lipinski definition) is 0. The lowest BCUT2D eigenvalue weighted by molar-refractivity contribution is 0.101. The van der Waals surface area contributed by atoms with E-state index >= 15 is 0 Å². The van der Waals surface area contributed by atoms with Gasteiger partial charge in [-0.15, -0.1) is 0 Å². The summed E-state index contributed by atoms with van der Waals surface area (Å²) in [6, 6.07) is 12.9. The van der Waals surface area contributed by atoms with Gasteiger partial charge in [-0.05, 0) is 69.2 Å². The zero-order valence-electron chi connectivity index (χ0n) is 18.8. The van der Waals surface area contributed by atoms with Crippen LogP contribution < -0.4 is 4.90 Å². The van der Waals surface area contributed by atoms with Crippen LogP contribution in [0.15, 0.2) is 51.9 Å². The molecule has 8 heteroatoms. The molecule has 0 N–H and O–H groups in total. The van der Waals surface area contributed by atoms with Crippen LogP contribution in [0.2, 0.25) is 0 Å². The molecule has 0 unspecified atom stereocenters. The maximum Gasteiger partial charge on any atom is 0.243 e. The third-order valence-corrected chi connectivity index (χ3v) is 8.05. The van der Waals surface area contributed by atoms with Crippen molar-refractivity contribution in [1.82, 2.24) is 9.46 Å². The highest BCUT2D eigenvalue weighted by Gasteiger charge is 2.30. The number of rotatable bonds is 5. The highest BCUT2D eigenvalue weighted by Crippen LogP contribution is 2.31. The number of benzene rings is 2. The fourth-order valence-electron chi connectivity index (χ4n) is 4.16. The van der Waals surface area contributed by atoms with Gasteiger partial charge in [0.05, 0.1) is 10.6 Å². The number of anilines is 1. The molecule has 32 heavy (non-hydrogen) atoms. The summed E-state index contributed by atoms with van der Waals surface area (Å²) in [6.07, 6.45) is 0. The molecule has 0 amide bonds. The van der Waals surface area contributed by atoms with Gasteiger partial charge in [-0.1, -0.05) is 17.3 Å². The number of hydrogen-bond acceptors (Lipinski definition) is 6. The summed E-state index contributed by atoms with van der Waals surface area (Å²) in [5, 5.41) is 3.99. The molecular weight excluding hydrogens is 426 g/mol. The number of carbonyl (C=O) groups excluding carboxylic acids is 1. The molecule has 1 aromatic heterocycles. The van der Waals surface area contributed by atoms with Crippen molar-refractivity contribution >= 4 is 21.5 Å². The molecule has 1 saturated heterocycles. The lowest BCUT2D eigenvalue weighted by Gasteiger charge is -2.35. The summed E-state index contributed by atoms with van der Waals surface area (Å²) < 4.78 is 33.8. The smallest absolute Gasteiger partial charge is 0.243 e. The number of ketones is 1. The molecule has 4 rings (SSSR count). The third kappa shape index (κ3) is 4.08. The SMILES string of the molecule is CC(=O)c1ccc(N2CCN(S(=O)(=O)c3cc(-c4c(C)noc4C)ccc3C)CC2)cc1.